The number of urea groups is 1. The van der Waals surface area contributed by atoms with Gasteiger partial charge in [0, 0.05) is 56.2 Å². The van der Waals surface area contributed by atoms with Crippen molar-refractivity contribution in [1.29, 1.82) is 0 Å². The highest BCUT2D eigenvalue weighted by Crippen LogP contribution is 2.49. The van der Waals surface area contributed by atoms with Gasteiger partial charge in [-0.3, -0.25) is 4.98 Å². The number of pyridine rings is 1. The number of likely N-dealkylation sites (tertiary alicyclic amines) is 1. The third kappa shape index (κ3) is 4.41. The number of methoxy groups -OCH3 is 1. The van der Waals surface area contributed by atoms with Crippen LogP contribution in [0.15, 0.2) is 53.2 Å². The Hall–Kier alpha value is -3.46. The monoisotopic (exact) mass is 449 g/mol. The van der Waals surface area contributed by atoms with Crippen LogP contribution in [0.2, 0.25) is 0 Å². The van der Waals surface area contributed by atoms with E-state index in [9.17, 15) is 4.79 Å². The van der Waals surface area contributed by atoms with E-state index < -0.39 is 0 Å². The van der Waals surface area contributed by atoms with Crippen molar-refractivity contribution in [1.82, 2.24) is 25.4 Å². The molecule has 9 nitrogen and oxygen atoms in total. The molecule has 0 aliphatic carbocycles. The summed E-state index contributed by atoms with van der Waals surface area (Å²) in [6, 6.07) is 11.3. The Labute approximate surface area is 192 Å². The number of carbonyl (C=O) groups is 1. The molecule has 2 fully saturated rings. The summed E-state index contributed by atoms with van der Waals surface area (Å²) < 4.78 is 17.0. The number of benzene rings is 1. The number of nitrogens with one attached hydrogen (secondary N) is 1. The molecule has 1 atom stereocenters. The van der Waals surface area contributed by atoms with E-state index in [0.717, 1.165) is 29.7 Å². The van der Waals surface area contributed by atoms with Crippen molar-refractivity contribution in [3.63, 3.8) is 0 Å². The molecule has 3 aromatic rings. The fourth-order valence-corrected chi connectivity index (χ4v) is 4.81. The van der Waals surface area contributed by atoms with E-state index in [1.54, 1.807) is 19.5 Å². The molecule has 0 bridgehead atoms. The van der Waals surface area contributed by atoms with Crippen LogP contribution in [0, 0.1) is 5.41 Å². The maximum Gasteiger partial charge on any atom is 0.317 e. The van der Waals surface area contributed by atoms with Crippen molar-refractivity contribution in [2.45, 2.75) is 25.3 Å². The topological polar surface area (TPSA) is 103 Å². The zero-order valence-electron chi connectivity index (χ0n) is 18.6. The summed E-state index contributed by atoms with van der Waals surface area (Å²) in [5.74, 6) is 1.78. The lowest BCUT2D eigenvalue weighted by Gasteiger charge is -2.36. The summed E-state index contributed by atoms with van der Waals surface area (Å²) in [6.45, 7) is 2.93. The fraction of sp³-hybridized carbons (Fsp3) is 0.417. The van der Waals surface area contributed by atoms with E-state index in [1.807, 2.05) is 41.3 Å². The lowest BCUT2D eigenvalue weighted by atomic mass is 9.72. The highest BCUT2D eigenvalue weighted by atomic mass is 16.5. The van der Waals surface area contributed by atoms with E-state index in [1.165, 1.54) is 0 Å². The summed E-state index contributed by atoms with van der Waals surface area (Å²) in [5, 5.41) is 11.7. The highest BCUT2D eigenvalue weighted by Gasteiger charge is 2.51. The minimum atomic E-state index is -0.131. The summed E-state index contributed by atoms with van der Waals surface area (Å²) in [4.78, 5) is 19.0. The zero-order chi connectivity index (χ0) is 22.7. The molecule has 1 aromatic carbocycles. The van der Waals surface area contributed by atoms with Crippen molar-refractivity contribution in [3.05, 3.63) is 60.2 Å². The lowest BCUT2D eigenvalue weighted by molar-refractivity contribution is 0.0102. The van der Waals surface area contributed by atoms with Gasteiger partial charge in [-0.05, 0) is 42.7 Å². The maximum absolute atomic E-state index is 13.1. The predicted molar refractivity (Wildman–Crippen MR) is 120 cm³/mol. The molecule has 0 radical (unpaired) electrons. The minimum Gasteiger partial charge on any atom is -0.497 e. The molecular formula is C24H27N5O4. The number of carbonyl (C=O) groups excluding carboxylic acids is 1. The molecule has 4 heterocycles. The van der Waals surface area contributed by atoms with Gasteiger partial charge in [-0.1, -0.05) is 12.1 Å². The average molecular weight is 450 g/mol. The second-order valence-electron chi connectivity index (χ2n) is 8.60. The second kappa shape index (κ2) is 9.19. The molecule has 2 saturated heterocycles. The van der Waals surface area contributed by atoms with Gasteiger partial charge < -0.3 is 24.1 Å². The molecule has 1 unspecified atom stereocenters. The SMILES string of the molecule is COc1cccc(CNC(=O)N2CC(c3nnc(-c4ccncc4)o3)C3(CCOCC3)C2)c1. The molecule has 9 heteroatoms. The molecule has 5 rings (SSSR count). The van der Waals surface area contributed by atoms with Gasteiger partial charge in [-0.2, -0.15) is 0 Å². The number of aromatic nitrogens is 3. The van der Waals surface area contributed by atoms with Gasteiger partial charge in [0.1, 0.15) is 5.75 Å². The molecule has 172 valence electrons. The fourth-order valence-electron chi connectivity index (χ4n) is 4.81. The van der Waals surface area contributed by atoms with E-state index in [2.05, 4.69) is 20.5 Å². The number of hydrogen-bond acceptors (Lipinski definition) is 7. The lowest BCUT2D eigenvalue weighted by Crippen LogP contribution is -2.41. The van der Waals surface area contributed by atoms with Gasteiger partial charge in [-0.15, -0.1) is 10.2 Å². The van der Waals surface area contributed by atoms with Crippen LogP contribution in [-0.2, 0) is 11.3 Å². The number of ether oxygens (including phenoxy) is 2. The van der Waals surface area contributed by atoms with Crippen molar-refractivity contribution < 1.29 is 18.7 Å². The third-order valence-electron chi connectivity index (χ3n) is 6.67. The minimum absolute atomic E-state index is 0.0351. The smallest absolute Gasteiger partial charge is 0.317 e. The van der Waals surface area contributed by atoms with Crippen LogP contribution in [-0.4, -0.2) is 59.5 Å². The number of rotatable bonds is 5. The quantitative estimate of drug-likeness (QED) is 0.638. The predicted octanol–water partition coefficient (Wildman–Crippen LogP) is 3.25. The highest BCUT2D eigenvalue weighted by molar-refractivity contribution is 5.75. The summed E-state index contributed by atoms with van der Waals surface area (Å²) in [7, 11) is 1.63. The molecule has 2 amide bonds. The van der Waals surface area contributed by atoms with Gasteiger partial charge >= 0.3 is 6.03 Å². The van der Waals surface area contributed by atoms with Gasteiger partial charge in [0.2, 0.25) is 11.8 Å². The average Bonchev–Trinajstić information content (AvgIpc) is 3.49. The van der Waals surface area contributed by atoms with Crippen molar-refractivity contribution in [2.24, 2.45) is 5.41 Å². The Kier molecular flexibility index (Phi) is 5.95. The van der Waals surface area contributed by atoms with Crippen molar-refractivity contribution in [2.75, 3.05) is 33.4 Å². The molecule has 33 heavy (non-hydrogen) atoms. The molecule has 1 spiro atoms. The number of nitrogens with zero attached hydrogens (tertiary/aromatic N) is 4. The van der Waals surface area contributed by atoms with Crippen LogP contribution in [0.4, 0.5) is 4.79 Å². The normalized spacial score (nSPS) is 19.5. The molecule has 2 aromatic heterocycles. The van der Waals surface area contributed by atoms with Gasteiger partial charge in [-0.25, -0.2) is 4.79 Å². The maximum atomic E-state index is 13.1. The van der Waals surface area contributed by atoms with Crippen molar-refractivity contribution in [3.8, 4) is 17.2 Å². The van der Waals surface area contributed by atoms with E-state index in [0.29, 0.717) is 44.6 Å². The van der Waals surface area contributed by atoms with E-state index >= 15 is 0 Å². The van der Waals surface area contributed by atoms with E-state index in [-0.39, 0.29) is 17.4 Å². The Morgan fingerprint density at radius 2 is 2.03 bits per heavy atom. The molecule has 2 aliphatic rings. The summed E-state index contributed by atoms with van der Waals surface area (Å²) >= 11 is 0. The van der Waals surface area contributed by atoms with Crippen LogP contribution in [0.3, 0.4) is 0 Å². The molecule has 0 saturated carbocycles. The molecule has 1 N–H and O–H groups in total. The Morgan fingerprint density at radius 3 is 2.82 bits per heavy atom. The summed E-state index contributed by atoms with van der Waals surface area (Å²) in [5.41, 5.74) is 1.68. The number of hydrogen-bond donors (Lipinski definition) is 1. The van der Waals surface area contributed by atoms with Crippen LogP contribution >= 0.6 is 0 Å². The van der Waals surface area contributed by atoms with E-state index in [4.69, 9.17) is 13.9 Å². The largest absolute Gasteiger partial charge is 0.497 e. The van der Waals surface area contributed by atoms with Crippen LogP contribution in [0.5, 0.6) is 5.75 Å². The first-order chi connectivity index (χ1) is 16.2. The van der Waals surface area contributed by atoms with Crippen molar-refractivity contribution >= 4 is 6.03 Å². The molecular weight excluding hydrogens is 422 g/mol. The first kappa shape index (κ1) is 21.4. The third-order valence-corrected chi connectivity index (χ3v) is 6.67. The molecule has 2 aliphatic heterocycles. The first-order valence-corrected chi connectivity index (χ1v) is 11.1. The summed E-state index contributed by atoms with van der Waals surface area (Å²) in [6.07, 6.45) is 5.10. The zero-order valence-corrected chi connectivity index (χ0v) is 18.6. The standard InChI is InChI=1S/C24H27N5O4/c1-31-19-4-2-3-17(13-19)14-26-23(30)29-15-20(24(16-29)7-11-32-12-8-24)22-28-27-21(33-22)18-5-9-25-10-6-18/h2-6,9-10,13,20H,7-8,11-12,14-16H2,1H3,(H,26,30). The van der Waals surface area contributed by atoms with Crippen LogP contribution in [0.1, 0.15) is 30.2 Å². The van der Waals surface area contributed by atoms with Gasteiger partial charge in [0.25, 0.3) is 0 Å². The van der Waals surface area contributed by atoms with Crippen LogP contribution in [0.25, 0.3) is 11.5 Å². The van der Waals surface area contributed by atoms with Gasteiger partial charge in [0.15, 0.2) is 0 Å². The van der Waals surface area contributed by atoms with Crippen LogP contribution < -0.4 is 10.1 Å². The second-order valence-corrected chi connectivity index (χ2v) is 8.60. The Balaban J connectivity index is 1.32. The van der Waals surface area contributed by atoms with Gasteiger partial charge in [0.05, 0.1) is 13.0 Å². The number of amides is 2. The Bertz CT molecular complexity index is 1100. The Morgan fingerprint density at radius 1 is 1.21 bits per heavy atom. The first-order valence-electron chi connectivity index (χ1n) is 11.1.